The molecule has 4 heteroatoms. The summed E-state index contributed by atoms with van der Waals surface area (Å²) in [4.78, 5) is 13.0. The Bertz CT molecular complexity index is 392. The van der Waals surface area contributed by atoms with Crippen LogP contribution in [0.2, 0.25) is 5.02 Å². The second-order valence-electron chi connectivity index (χ2n) is 3.44. The molecule has 0 spiro atoms. The minimum atomic E-state index is -0.118. The zero-order valence-electron chi connectivity index (χ0n) is 7.83. The topological polar surface area (TPSA) is 46.3 Å². The number of hydrogen-bond acceptors (Lipinski definition) is 2. The van der Waals surface area contributed by atoms with Crippen LogP contribution in [0.3, 0.4) is 0 Å². The van der Waals surface area contributed by atoms with Crippen molar-refractivity contribution in [3.8, 4) is 0 Å². The van der Waals surface area contributed by atoms with Crippen molar-refractivity contribution >= 4 is 23.2 Å². The Morgan fingerprint density at radius 2 is 2.36 bits per heavy atom. The van der Waals surface area contributed by atoms with Gasteiger partial charge in [-0.1, -0.05) is 11.6 Å². The Balaban J connectivity index is 2.49. The lowest BCUT2D eigenvalue weighted by Gasteiger charge is -2.14. The molecule has 1 aliphatic heterocycles. The quantitative estimate of drug-likeness (QED) is 0.709. The lowest BCUT2D eigenvalue weighted by Crippen LogP contribution is -2.28. The summed E-state index contributed by atoms with van der Waals surface area (Å²) in [5.41, 5.74) is 7.73. The van der Waals surface area contributed by atoms with Crippen molar-refractivity contribution in [1.82, 2.24) is 0 Å². The van der Waals surface area contributed by atoms with E-state index in [1.807, 2.05) is 12.1 Å². The molecule has 1 aliphatic rings. The lowest BCUT2D eigenvalue weighted by molar-refractivity contribution is -0.116. The maximum atomic E-state index is 11.3. The van der Waals surface area contributed by atoms with Crippen LogP contribution in [0.25, 0.3) is 0 Å². The number of anilines is 1. The van der Waals surface area contributed by atoms with E-state index in [1.165, 1.54) is 6.92 Å². The number of carbonyl (C=O) groups is 1. The predicted molar refractivity (Wildman–Crippen MR) is 56.4 cm³/mol. The number of nitrogens with zero attached hydrogens (tertiary/aromatic N) is 1. The van der Waals surface area contributed by atoms with Crippen LogP contribution in [-0.4, -0.2) is 12.5 Å². The molecule has 0 bridgehead atoms. The summed E-state index contributed by atoms with van der Waals surface area (Å²) < 4.78 is 0. The van der Waals surface area contributed by atoms with Gasteiger partial charge in [-0.3, -0.25) is 4.79 Å². The van der Waals surface area contributed by atoms with Crippen LogP contribution >= 0.6 is 11.6 Å². The molecule has 0 aliphatic carbocycles. The highest BCUT2D eigenvalue weighted by Crippen LogP contribution is 2.35. The van der Waals surface area contributed by atoms with Crippen molar-refractivity contribution in [2.24, 2.45) is 5.73 Å². The van der Waals surface area contributed by atoms with Gasteiger partial charge in [-0.05, 0) is 23.8 Å². The van der Waals surface area contributed by atoms with Crippen LogP contribution in [0.1, 0.15) is 18.5 Å². The molecule has 2 N–H and O–H groups in total. The Hall–Kier alpha value is -1.06. The number of carbonyl (C=O) groups excluding carboxylic acids is 1. The van der Waals surface area contributed by atoms with Crippen molar-refractivity contribution in [3.63, 3.8) is 0 Å². The first-order valence-corrected chi connectivity index (χ1v) is 4.80. The number of rotatable bonds is 0. The molecule has 0 fully saturated rings. The van der Waals surface area contributed by atoms with Crippen molar-refractivity contribution in [3.05, 3.63) is 28.8 Å². The van der Waals surface area contributed by atoms with Gasteiger partial charge in [0, 0.05) is 30.2 Å². The van der Waals surface area contributed by atoms with E-state index in [0.717, 1.165) is 11.3 Å². The summed E-state index contributed by atoms with van der Waals surface area (Å²) in [5, 5.41) is 0.657. The van der Waals surface area contributed by atoms with E-state index in [-0.39, 0.29) is 11.9 Å². The van der Waals surface area contributed by atoms with E-state index in [4.69, 9.17) is 17.3 Å². The first-order chi connectivity index (χ1) is 6.59. The fourth-order valence-electron chi connectivity index (χ4n) is 1.76. The number of amides is 1. The molecule has 1 aromatic carbocycles. The van der Waals surface area contributed by atoms with E-state index < -0.39 is 0 Å². The van der Waals surface area contributed by atoms with Gasteiger partial charge in [0.15, 0.2) is 0 Å². The van der Waals surface area contributed by atoms with E-state index in [2.05, 4.69) is 0 Å². The van der Waals surface area contributed by atoms with Gasteiger partial charge < -0.3 is 10.6 Å². The molecule has 0 radical (unpaired) electrons. The molecule has 1 amide bonds. The fourth-order valence-corrected chi connectivity index (χ4v) is 1.94. The molecular formula is C10H11ClN2O. The van der Waals surface area contributed by atoms with Crippen LogP contribution in [0.5, 0.6) is 0 Å². The molecule has 0 saturated heterocycles. The van der Waals surface area contributed by atoms with E-state index in [0.29, 0.717) is 11.6 Å². The number of halogens is 1. The number of benzene rings is 1. The van der Waals surface area contributed by atoms with Gasteiger partial charge in [0.2, 0.25) is 5.91 Å². The van der Waals surface area contributed by atoms with Gasteiger partial charge in [0.05, 0.1) is 0 Å². The van der Waals surface area contributed by atoms with Gasteiger partial charge in [-0.25, -0.2) is 0 Å². The zero-order valence-corrected chi connectivity index (χ0v) is 8.58. The minimum Gasteiger partial charge on any atom is -0.322 e. The van der Waals surface area contributed by atoms with Crippen molar-refractivity contribution in [2.75, 3.05) is 11.4 Å². The highest BCUT2D eigenvalue weighted by atomic mass is 35.5. The van der Waals surface area contributed by atoms with Gasteiger partial charge >= 0.3 is 0 Å². The highest BCUT2D eigenvalue weighted by molar-refractivity contribution is 6.30. The van der Waals surface area contributed by atoms with Crippen molar-refractivity contribution in [2.45, 2.75) is 13.0 Å². The SMILES string of the molecule is CC(=O)N1CC(N)c2cc(Cl)ccc21. The number of hydrogen-bond donors (Lipinski definition) is 1. The third kappa shape index (κ3) is 1.38. The third-order valence-corrected chi connectivity index (χ3v) is 2.67. The average molecular weight is 211 g/mol. The summed E-state index contributed by atoms with van der Waals surface area (Å²) in [6.45, 7) is 2.08. The largest absolute Gasteiger partial charge is 0.322 e. The van der Waals surface area contributed by atoms with Crippen LogP contribution in [0.4, 0.5) is 5.69 Å². The van der Waals surface area contributed by atoms with E-state index in [9.17, 15) is 4.79 Å². The third-order valence-electron chi connectivity index (χ3n) is 2.44. The number of nitrogens with two attached hydrogens (primary N) is 1. The summed E-state index contributed by atoms with van der Waals surface area (Å²) in [6, 6.07) is 5.32. The lowest BCUT2D eigenvalue weighted by atomic mass is 10.1. The first-order valence-electron chi connectivity index (χ1n) is 4.42. The summed E-state index contributed by atoms with van der Waals surface area (Å²) in [5.74, 6) is 0.0153. The summed E-state index contributed by atoms with van der Waals surface area (Å²) in [7, 11) is 0. The van der Waals surface area contributed by atoms with Gasteiger partial charge in [-0.15, -0.1) is 0 Å². The molecule has 0 aromatic heterocycles. The molecule has 1 aromatic rings. The molecular weight excluding hydrogens is 200 g/mol. The van der Waals surface area contributed by atoms with Gasteiger partial charge in [-0.2, -0.15) is 0 Å². The second-order valence-corrected chi connectivity index (χ2v) is 3.88. The van der Waals surface area contributed by atoms with Crippen LogP contribution in [0.15, 0.2) is 18.2 Å². The molecule has 1 unspecified atom stereocenters. The van der Waals surface area contributed by atoms with Crippen LogP contribution in [0, 0.1) is 0 Å². The minimum absolute atomic E-state index is 0.0153. The molecule has 2 rings (SSSR count). The number of fused-ring (bicyclic) bond motifs is 1. The first kappa shape index (κ1) is 9.49. The predicted octanol–water partition coefficient (Wildman–Crippen LogP) is 1.71. The van der Waals surface area contributed by atoms with Crippen molar-refractivity contribution in [1.29, 1.82) is 0 Å². The standard InChI is InChI=1S/C10H11ClN2O/c1-6(14)13-5-9(12)8-4-7(11)2-3-10(8)13/h2-4,9H,5,12H2,1H3. The van der Waals surface area contributed by atoms with Gasteiger partial charge in [0.25, 0.3) is 0 Å². The average Bonchev–Trinajstić information content (AvgIpc) is 2.44. The van der Waals surface area contributed by atoms with Crippen LogP contribution in [-0.2, 0) is 4.79 Å². The molecule has 1 heterocycles. The molecule has 14 heavy (non-hydrogen) atoms. The normalized spacial score (nSPS) is 19.6. The maximum absolute atomic E-state index is 11.3. The molecule has 0 saturated carbocycles. The summed E-state index contributed by atoms with van der Waals surface area (Å²) >= 11 is 5.86. The molecule has 74 valence electrons. The second kappa shape index (κ2) is 3.26. The molecule has 3 nitrogen and oxygen atoms in total. The van der Waals surface area contributed by atoms with Gasteiger partial charge in [0.1, 0.15) is 0 Å². The van der Waals surface area contributed by atoms with E-state index >= 15 is 0 Å². The summed E-state index contributed by atoms with van der Waals surface area (Å²) in [6.07, 6.45) is 0. The monoisotopic (exact) mass is 210 g/mol. The maximum Gasteiger partial charge on any atom is 0.223 e. The molecule has 1 atom stereocenters. The Labute approximate surface area is 87.4 Å². The fraction of sp³-hybridized carbons (Fsp3) is 0.300. The Morgan fingerprint density at radius 3 is 3.00 bits per heavy atom. The van der Waals surface area contributed by atoms with E-state index in [1.54, 1.807) is 11.0 Å². The van der Waals surface area contributed by atoms with Crippen LogP contribution < -0.4 is 10.6 Å². The highest BCUT2D eigenvalue weighted by Gasteiger charge is 2.28. The Kier molecular flexibility index (Phi) is 2.21. The zero-order chi connectivity index (χ0) is 10.3. The smallest absolute Gasteiger partial charge is 0.223 e. The van der Waals surface area contributed by atoms with Crippen molar-refractivity contribution < 1.29 is 4.79 Å². The Morgan fingerprint density at radius 1 is 1.64 bits per heavy atom.